The lowest BCUT2D eigenvalue weighted by Crippen LogP contribution is -2.09. The number of carboxylic acid groups (broad SMARTS) is 1. The van der Waals surface area contributed by atoms with Gasteiger partial charge in [0.05, 0.1) is 0 Å². The minimum absolute atomic E-state index is 0.343. The molecule has 0 saturated heterocycles. The molecule has 0 amide bonds. The minimum atomic E-state index is -0.986. The Balaban J connectivity index is 1.38. The van der Waals surface area contributed by atoms with Crippen LogP contribution in [0, 0.1) is 13.8 Å². The molecule has 5 aromatic rings. The number of hydrogen-bond acceptors (Lipinski definition) is 3. The Morgan fingerprint density at radius 2 is 1.05 bits per heavy atom. The van der Waals surface area contributed by atoms with Crippen LogP contribution in [0.5, 0.6) is 5.75 Å². The van der Waals surface area contributed by atoms with Crippen molar-refractivity contribution in [2.75, 3.05) is 12.4 Å². The first-order valence-corrected chi connectivity index (χ1v) is 14.6. The van der Waals surface area contributed by atoms with Gasteiger partial charge in [0.1, 0.15) is 5.75 Å². The second-order valence-electron chi connectivity index (χ2n) is 9.97. The summed E-state index contributed by atoms with van der Waals surface area (Å²) < 4.78 is 5.25. The zero-order valence-electron chi connectivity index (χ0n) is 23.2. The SMILES string of the molecule is Cc1ccc(-c2ccc(C(=CCSc3ccc(OCC(=O)O)cc3)c3ccc(-c4ccc(C)cc4)cc3)cc2)cc1. The van der Waals surface area contributed by atoms with Gasteiger partial charge >= 0.3 is 5.97 Å². The number of aliphatic carboxylic acids is 1. The molecule has 204 valence electrons. The van der Waals surface area contributed by atoms with Crippen molar-refractivity contribution < 1.29 is 14.6 Å². The van der Waals surface area contributed by atoms with Crippen molar-refractivity contribution in [1.82, 2.24) is 0 Å². The Kier molecular flexibility index (Phi) is 9.02. The van der Waals surface area contributed by atoms with Gasteiger partial charge in [-0.15, -0.1) is 11.8 Å². The molecule has 4 heteroatoms. The molecule has 0 unspecified atom stereocenters. The van der Waals surface area contributed by atoms with E-state index in [-0.39, 0.29) is 6.61 Å². The van der Waals surface area contributed by atoms with Crippen molar-refractivity contribution in [1.29, 1.82) is 0 Å². The number of carboxylic acids is 1. The van der Waals surface area contributed by atoms with E-state index in [9.17, 15) is 4.79 Å². The van der Waals surface area contributed by atoms with E-state index in [0.717, 1.165) is 10.6 Å². The van der Waals surface area contributed by atoms with E-state index in [2.05, 4.69) is 117 Å². The molecular formula is C37H32O3S. The van der Waals surface area contributed by atoms with E-state index in [4.69, 9.17) is 9.84 Å². The smallest absolute Gasteiger partial charge is 0.341 e. The molecule has 0 radical (unpaired) electrons. The van der Waals surface area contributed by atoms with Crippen LogP contribution >= 0.6 is 11.8 Å². The summed E-state index contributed by atoms with van der Waals surface area (Å²) in [5.41, 5.74) is 10.8. The third-order valence-electron chi connectivity index (χ3n) is 6.89. The molecule has 3 nitrogen and oxygen atoms in total. The first-order chi connectivity index (χ1) is 19.9. The zero-order chi connectivity index (χ0) is 28.6. The standard InChI is InChI=1S/C37H32O3S/c1-26-3-7-28(8-4-26)30-11-15-32(16-12-30)36(23-24-41-35-21-19-34(20-22-35)40-25-37(38)39)33-17-13-31(14-18-33)29-9-5-27(2)6-10-29/h3-23H,24-25H2,1-2H3,(H,38,39). The molecule has 0 aliphatic rings. The fraction of sp³-hybridized carbons (Fsp3) is 0.108. The molecule has 0 aromatic heterocycles. The third-order valence-corrected chi connectivity index (χ3v) is 7.82. The van der Waals surface area contributed by atoms with Gasteiger partial charge in [-0.25, -0.2) is 4.79 Å². The number of aryl methyl sites for hydroxylation is 2. The summed E-state index contributed by atoms with van der Waals surface area (Å²) in [5.74, 6) is 0.347. The van der Waals surface area contributed by atoms with E-state index >= 15 is 0 Å². The summed E-state index contributed by atoms with van der Waals surface area (Å²) >= 11 is 1.73. The van der Waals surface area contributed by atoms with Crippen molar-refractivity contribution in [3.05, 3.63) is 150 Å². The van der Waals surface area contributed by atoms with Gasteiger partial charge in [-0.2, -0.15) is 0 Å². The Morgan fingerprint density at radius 1 is 0.634 bits per heavy atom. The van der Waals surface area contributed by atoms with Crippen molar-refractivity contribution in [3.63, 3.8) is 0 Å². The maximum absolute atomic E-state index is 10.7. The first kappa shape index (κ1) is 28.0. The van der Waals surface area contributed by atoms with E-state index in [0.29, 0.717) is 5.75 Å². The molecule has 0 saturated carbocycles. The van der Waals surface area contributed by atoms with Crippen molar-refractivity contribution in [2.24, 2.45) is 0 Å². The van der Waals surface area contributed by atoms with E-state index in [1.54, 1.807) is 11.8 Å². The predicted molar refractivity (Wildman–Crippen MR) is 171 cm³/mol. The molecule has 0 heterocycles. The number of ether oxygens (including phenoxy) is 1. The van der Waals surface area contributed by atoms with Crippen LogP contribution in [0.3, 0.4) is 0 Å². The Hall–Kier alpha value is -4.54. The topological polar surface area (TPSA) is 46.5 Å². The minimum Gasteiger partial charge on any atom is -0.482 e. The second-order valence-corrected chi connectivity index (χ2v) is 11.1. The normalized spacial score (nSPS) is 10.7. The second kappa shape index (κ2) is 13.2. The molecule has 0 aliphatic heterocycles. The van der Waals surface area contributed by atoms with Crippen LogP contribution in [0.15, 0.2) is 132 Å². The van der Waals surface area contributed by atoms with Crippen LogP contribution in [-0.2, 0) is 4.79 Å². The van der Waals surface area contributed by atoms with Crippen LogP contribution in [-0.4, -0.2) is 23.4 Å². The van der Waals surface area contributed by atoms with Crippen molar-refractivity contribution in [3.8, 4) is 28.0 Å². The number of rotatable bonds is 10. The lowest BCUT2D eigenvalue weighted by atomic mass is 9.94. The Morgan fingerprint density at radius 3 is 1.46 bits per heavy atom. The van der Waals surface area contributed by atoms with Crippen LogP contribution in [0.25, 0.3) is 27.8 Å². The number of benzene rings is 5. The summed E-state index contributed by atoms with van der Waals surface area (Å²) in [4.78, 5) is 11.8. The lowest BCUT2D eigenvalue weighted by Gasteiger charge is -2.12. The first-order valence-electron chi connectivity index (χ1n) is 13.6. The summed E-state index contributed by atoms with van der Waals surface area (Å²) in [6.45, 7) is 3.87. The van der Waals surface area contributed by atoms with Crippen LogP contribution in [0.1, 0.15) is 22.3 Å². The molecule has 41 heavy (non-hydrogen) atoms. The zero-order valence-corrected chi connectivity index (χ0v) is 24.0. The maximum Gasteiger partial charge on any atom is 0.341 e. The number of hydrogen-bond donors (Lipinski definition) is 1. The van der Waals surface area contributed by atoms with Crippen LogP contribution in [0.2, 0.25) is 0 Å². The largest absolute Gasteiger partial charge is 0.482 e. The molecule has 0 spiro atoms. The van der Waals surface area contributed by atoms with E-state index < -0.39 is 5.97 Å². The van der Waals surface area contributed by atoms with Gasteiger partial charge in [0.2, 0.25) is 0 Å². The third kappa shape index (κ3) is 7.56. The molecule has 5 rings (SSSR count). The fourth-order valence-corrected chi connectivity index (χ4v) is 5.35. The molecule has 0 fully saturated rings. The Labute approximate surface area is 246 Å². The average molecular weight is 557 g/mol. The number of thioether (sulfide) groups is 1. The highest BCUT2D eigenvalue weighted by molar-refractivity contribution is 7.99. The van der Waals surface area contributed by atoms with Gasteiger partial charge in [0, 0.05) is 10.6 Å². The molecule has 5 aromatic carbocycles. The lowest BCUT2D eigenvalue weighted by molar-refractivity contribution is -0.139. The number of carbonyl (C=O) groups is 1. The van der Waals surface area contributed by atoms with Crippen molar-refractivity contribution >= 4 is 23.3 Å². The maximum atomic E-state index is 10.7. The highest BCUT2D eigenvalue weighted by Crippen LogP contribution is 2.31. The molecule has 0 aliphatic carbocycles. The highest BCUT2D eigenvalue weighted by Gasteiger charge is 2.08. The van der Waals surface area contributed by atoms with Gasteiger partial charge in [0.15, 0.2) is 6.61 Å². The summed E-state index contributed by atoms with van der Waals surface area (Å²) in [7, 11) is 0. The van der Waals surface area contributed by atoms with Gasteiger partial charge in [-0.1, -0.05) is 114 Å². The van der Waals surface area contributed by atoms with Crippen molar-refractivity contribution in [2.45, 2.75) is 18.7 Å². The highest BCUT2D eigenvalue weighted by atomic mass is 32.2. The monoisotopic (exact) mass is 556 g/mol. The summed E-state index contributed by atoms with van der Waals surface area (Å²) in [5, 5.41) is 8.82. The molecule has 1 N–H and O–H groups in total. The predicted octanol–water partition coefficient (Wildman–Crippen LogP) is 9.32. The average Bonchev–Trinajstić information content (AvgIpc) is 3.00. The quantitative estimate of drug-likeness (QED) is 0.174. The van der Waals surface area contributed by atoms with Crippen LogP contribution in [0.4, 0.5) is 0 Å². The molecular weight excluding hydrogens is 524 g/mol. The van der Waals surface area contributed by atoms with E-state index in [1.807, 2.05) is 24.3 Å². The van der Waals surface area contributed by atoms with Gasteiger partial charge in [-0.05, 0) is 77.1 Å². The van der Waals surface area contributed by atoms with Crippen LogP contribution < -0.4 is 4.74 Å². The fourth-order valence-electron chi connectivity index (χ4n) is 4.58. The summed E-state index contributed by atoms with van der Waals surface area (Å²) in [6.07, 6.45) is 2.28. The summed E-state index contributed by atoms with van der Waals surface area (Å²) in [6, 6.07) is 42.4. The van der Waals surface area contributed by atoms with E-state index in [1.165, 1.54) is 50.1 Å². The van der Waals surface area contributed by atoms with Gasteiger partial charge in [-0.3, -0.25) is 0 Å². The molecule has 0 bridgehead atoms. The van der Waals surface area contributed by atoms with Gasteiger partial charge in [0.25, 0.3) is 0 Å². The molecule has 0 atom stereocenters. The van der Waals surface area contributed by atoms with Gasteiger partial charge < -0.3 is 9.84 Å². The Bertz CT molecular complexity index is 1530.